The van der Waals surface area contributed by atoms with Crippen LogP contribution in [0.15, 0.2) is 22.8 Å². The number of hydrogen-bond donors (Lipinski definition) is 1. The Balaban J connectivity index is 1.62. The minimum Gasteiger partial charge on any atom is -0.310 e. The Morgan fingerprint density at radius 2 is 2.17 bits per heavy atom. The van der Waals surface area contributed by atoms with Crippen LogP contribution in [0.2, 0.25) is 0 Å². The van der Waals surface area contributed by atoms with E-state index >= 15 is 0 Å². The summed E-state index contributed by atoms with van der Waals surface area (Å²) in [6.45, 7) is 3.01. The maximum absolute atomic E-state index is 4.35. The fraction of sp³-hybridized carbons (Fsp3) is 0.643. The molecule has 0 aliphatic heterocycles. The van der Waals surface area contributed by atoms with Gasteiger partial charge in [-0.1, -0.05) is 12.8 Å². The van der Waals surface area contributed by atoms with Crippen LogP contribution in [-0.2, 0) is 6.54 Å². The third-order valence-corrected chi connectivity index (χ3v) is 4.15. The summed E-state index contributed by atoms with van der Waals surface area (Å²) in [5, 5.41) is 3.46. The van der Waals surface area contributed by atoms with Crippen LogP contribution in [0.5, 0.6) is 0 Å². The van der Waals surface area contributed by atoms with Gasteiger partial charge in [-0.05, 0) is 48.0 Å². The molecule has 0 spiro atoms. The van der Waals surface area contributed by atoms with Gasteiger partial charge in [0, 0.05) is 36.3 Å². The zero-order valence-electron chi connectivity index (χ0n) is 11.0. The second kappa shape index (κ2) is 7.22. The molecule has 0 saturated heterocycles. The van der Waals surface area contributed by atoms with Gasteiger partial charge in [0.15, 0.2) is 0 Å². The van der Waals surface area contributed by atoms with Crippen molar-refractivity contribution in [2.75, 3.05) is 20.1 Å². The highest BCUT2D eigenvalue weighted by molar-refractivity contribution is 9.10. The molecule has 1 aliphatic rings. The highest BCUT2D eigenvalue weighted by Crippen LogP contribution is 2.21. The first-order valence-corrected chi connectivity index (χ1v) is 7.56. The van der Waals surface area contributed by atoms with Gasteiger partial charge in [0.05, 0.1) is 5.69 Å². The van der Waals surface area contributed by atoms with E-state index in [0.717, 1.165) is 35.8 Å². The molecule has 1 aromatic rings. The van der Waals surface area contributed by atoms with Crippen molar-refractivity contribution in [3.63, 3.8) is 0 Å². The van der Waals surface area contributed by atoms with Gasteiger partial charge in [0.1, 0.15) is 0 Å². The lowest BCUT2D eigenvalue weighted by Crippen LogP contribution is -2.35. The van der Waals surface area contributed by atoms with E-state index < -0.39 is 0 Å². The smallest absolute Gasteiger partial charge is 0.0542 e. The van der Waals surface area contributed by atoms with E-state index in [1.54, 1.807) is 0 Å². The van der Waals surface area contributed by atoms with E-state index in [2.05, 4.69) is 44.2 Å². The van der Waals surface area contributed by atoms with Crippen LogP contribution in [-0.4, -0.2) is 36.1 Å². The van der Waals surface area contributed by atoms with Gasteiger partial charge in [0.25, 0.3) is 0 Å². The second-order valence-corrected chi connectivity index (χ2v) is 5.98. The van der Waals surface area contributed by atoms with Gasteiger partial charge in [-0.2, -0.15) is 0 Å². The monoisotopic (exact) mass is 311 g/mol. The Hall–Kier alpha value is -0.450. The van der Waals surface area contributed by atoms with Crippen molar-refractivity contribution in [1.29, 1.82) is 0 Å². The molecule has 1 fully saturated rings. The molecule has 1 saturated carbocycles. The predicted octanol–water partition coefficient (Wildman–Crippen LogP) is 2.81. The number of likely N-dealkylation sites (N-methyl/N-ethyl adjacent to an activating group) is 1. The minimum atomic E-state index is 0.817. The molecule has 0 atom stereocenters. The Morgan fingerprint density at radius 3 is 2.83 bits per heavy atom. The van der Waals surface area contributed by atoms with Gasteiger partial charge in [-0.3, -0.25) is 4.98 Å². The van der Waals surface area contributed by atoms with Crippen molar-refractivity contribution in [2.45, 2.75) is 38.3 Å². The standard InChI is InChI=1S/C14H22BrN3/c1-18(14-4-2-3-5-14)9-8-16-11-13-7-6-12(15)10-17-13/h6-7,10,14,16H,2-5,8-9,11H2,1H3. The fourth-order valence-electron chi connectivity index (χ4n) is 2.51. The minimum absolute atomic E-state index is 0.817. The van der Waals surface area contributed by atoms with Crippen LogP contribution in [0.1, 0.15) is 31.4 Å². The highest BCUT2D eigenvalue weighted by Gasteiger charge is 2.18. The largest absolute Gasteiger partial charge is 0.310 e. The lowest BCUT2D eigenvalue weighted by Gasteiger charge is -2.23. The van der Waals surface area contributed by atoms with E-state index in [1.807, 2.05) is 12.3 Å². The molecule has 0 unspecified atom stereocenters. The molecular formula is C14H22BrN3. The molecule has 0 amide bonds. The van der Waals surface area contributed by atoms with Crippen molar-refractivity contribution in [3.05, 3.63) is 28.5 Å². The Bertz CT molecular complexity index is 347. The SMILES string of the molecule is CN(CCNCc1ccc(Br)cn1)C1CCCC1. The van der Waals surface area contributed by atoms with Gasteiger partial charge in [0.2, 0.25) is 0 Å². The summed E-state index contributed by atoms with van der Waals surface area (Å²) in [4.78, 5) is 6.84. The molecule has 2 rings (SSSR count). The first kappa shape index (κ1) is 14.0. The molecular weight excluding hydrogens is 290 g/mol. The van der Waals surface area contributed by atoms with Gasteiger partial charge in [-0.25, -0.2) is 0 Å². The fourth-order valence-corrected chi connectivity index (χ4v) is 2.75. The Kier molecular flexibility index (Phi) is 5.60. The summed E-state index contributed by atoms with van der Waals surface area (Å²) in [7, 11) is 2.25. The summed E-state index contributed by atoms with van der Waals surface area (Å²) in [6.07, 6.45) is 7.42. The summed E-state index contributed by atoms with van der Waals surface area (Å²) in [6, 6.07) is 4.91. The third-order valence-electron chi connectivity index (χ3n) is 3.68. The average Bonchev–Trinajstić information content (AvgIpc) is 2.90. The van der Waals surface area contributed by atoms with Gasteiger partial charge in [-0.15, -0.1) is 0 Å². The molecule has 1 aromatic heterocycles. The van der Waals surface area contributed by atoms with Crippen molar-refractivity contribution in [3.8, 4) is 0 Å². The average molecular weight is 312 g/mol. The van der Waals surface area contributed by atoms with Crippen LogP contribution >= 0.6 is 15.9 Å². The molecule has 0 aromatic carbocycles. The summed E-state index contributed by atoms with van der Waals surface area (Å²) in [5.74, 6) is 0. The van der Waals surface area contributed by atoms with E-state index in [4.69, 9.17) is 0 Å². The van der Waals surface area contributed by atoms with Crippen molar-refractivity contribution in [2.24, 2.45) is 0 Å². The van der Waals surface area contributed by atoms with E-state index in [9.17, 15) is 0 Å². The number of rotatable bonds is 6. The van der Waals surface area contributed by atoms with Crippen LogP contribution in [0.3, 0.4) is 0 Å². The third kappa shape index (κ3) is 4.34. The van der Waals surface area contributed by atoms with Gasteiger partial charge < -0.3 is 10.2 Å². The lowest BCUT2D eigenvalue weighted by atomic mass is 10.2. The van der Waals surface area contributed by atoms with Crippen LogP contribution in [0, 0.1) is 0 Å². The van der Waals surface area contributed by atoms with Crippen molar-refractivity contribution >= 4 is 15.9 Å². The first-order chi connectivity index (χ1) is 8.75. The molecule has 1 N–H and O–H groups in total. The molecule has 100 valence electrons. The Labute approximate surface area is 118 Å². The number of halogens is 1. The predicted molar refractivity (Wildman–Crippen MR) is 78.5 cm³/mol. The molecule has 1 aliphatic carbocycles. The zero-order chi connectivity index (χ0) is 12.8. The van der Waals surface area contributed by atoms with Gasteiger partial charge >= 0.3 is 0 Å². The first-order valence-electron chi connectivity index (χ1n) is 6.77. The molecule has 18 heavy (non-hydrogen) atoms. The lowest BCUT2D eigenvalue weighted by molar-refractivity contribution is 0.245. The summed E-state index contributed by atoms with van der Waals surface area (Å²) in [5.41, 5.74) is 1.10. The quantitative estimate of drug-likeness (QED) is 0.819. The number of nitrogens with one attached hydrogen (secondary N) is 1. The van der Waals surface area contributed by atoms with Crippen molar-refractivity contribution in [1.82, 2.24) is 15.2 Å². The Morgan fingerprint density at radius 1 is 1.39 bits per heavy atom. The number of pyridine rings is 1. The molecule has 1 heterocycles. The van der Waals surface area contributed by atoms with E-state index in [0.29, 0.717) is 0 Å². The zero-order valence-corrected chi connectivity index (χ0v) is 12.6. The molecule has 4 heteroatoms. The van der Waals surface area contributed by atoms with Crippen molar-refractivity contribution < 1.29 is 0 Å². The molecule has 0 radical (unpaired) electrons. The number of hydrogen-bond acceptors (Lipinski definition) is 3. The maximum Gasteiger partial charge on any atom is 0.0542 e. The van der Waals surface area contributed by atoms with Crippen LogP contribution < -0.4 is 5.32 Å². The second-order valence-electron chi connectivity index (χ2n) is 5.06. The molecule has 0 bridgehead atoms. The van der Waals surface area contributed by atoms with E-state index in [-0.39, 0.29) is 0 Å². The number of aromatic nitrogens is 1. The normalized spacial score (nSPS) is 16.6. The maximum atomic E-state index is 4.35. The summed E-state index contributed by atoms with van der Waals surface area (Å²) >= 11 is 3.39. The summed E-state index contributed by atoms with van der Waals surface area (Å²) < 4.78 is 1.03. The highest BCUT2D eigenvalue weighted by atomic mass is 79.9. The topological polar surface area (TPSA) is 28.2 Å². The van der Waals surface area contributed by atoms with Crippen LogP contribution in [0.25, 0.3) is 0 Å². The van der Waals surface area contributed by atoms with Crippen LogP contribution in [0.4, 0.5) is 0 Å². The van der Waals surface area contributed by atoms with E-state index in [1.165, 1.54) is 25.7 Å². The number of nitrogens with zero attached hydrogens (tertiary/aromatic N) is 2. The molecule has 3 nitrogen and oxygen atoms in total.